The molecule has 1 aliphatic heterocycles. The van der Waals surface area contributed by atoms with Crippen LogP contribution in [0.5, 0.6) is 0 Å². The van der Waals surface area contributed by atoms with Crippen molar-refractivity contribution in [3.8, 4) is 11.1 Å². The average molecular weight is 304 g/mol. The van der Waals surface area contributed by atoms with Gasteiger partial charge in [-0.05, 0) is 34.2 Å². The zero-order chi connectivity index (χ0) is 14.9. The lowest BCUT2D eigenvalue weighted by molar-refractivity contribution is 0.592. The Morgan fingerprint density at radius 1 is 0.773 bits per heavy atom. The molecule has 2 heteroatoms. The normalized spacial score (nSPS) is 15.9. The van der Waals surface area contributed by atoms with E-state index in [0.29, 0.717) is 6.16 Å². The van der Waals surface area contributed by atoms with Gasteiger partial charge in [0.15, 0.2) is 0 Å². The van der Waals surface area contributed by atoms with Crippen molar-refractivity contribution in [3.63, 3.8) is 0 Å². The Balaban J connectivity index is 1.84. The molecule has 0 saturated carbocycles. The van der Waals surface area contributed by atoms with Crippen LogP contribution in [-0.4, -0.2) is 0 Å². The van der Waals surface area contributed by atoms with Crippen LogP contribution in [-0.2, 0) is 17.1 Å². The van der Waals surface area contributed by atoms with Crippen LogP contribution in [0, 0.1) is 0 Å². The maximum absolute atomic E-state index is 12.6. The summed E-state index contributed by atoms with van der Waals surface area (Å²) >= 11 is 0. The smallest absolute Gasteiger partial charge is 0.109 e. The lowest BCUT2D eigenvalue weighted by Crippen LogP contribution is -2.11. The zero-order valence-corrected chi connectivity index (χ0v) is 13.3. The van der Waals surface area contributed by atoms with Gasteiger partial charge in [0, 0.05) is 11.5 Å². The number of rotatable bonds is 2. The third-order valence-corrected chi connectivity index (χ3v) is 6.08. The van der Waals surface area contributed by atoms with Gasteiger partial charge in [0.25, 0.3) is 0 Å². The van der Waals surface area contributed by atoms with E-state index in [9.17, 15) is 4.57 Å². The summed E-state index contributed by atoms with van der Waals surface area (Å²) in [6.07, 6.45) is 1.60. The summed E-state index contributed by atoms with van der Waals surface area (Å²) in [5.74, 6) is 0. The van der Waals surface area contributed by atoms with Gasteiger partial charge in [-0.25, -0.2) is 0 Å². The number of hydrogen-bond acceptors (Lipinski definition) is 1. The minimum atomic E-state index is -1.73. The molecule has 0 saturated heterocycles. The van der Waals surface area contributed by atoms with Crippen molar-refractivity contribution in [1.82, 2.24) is 0 Å². The van der Waals surface area contributed by atoms with Gasteiger partial charge >= 0.3 is 0 Å². The highest BCUT2D eigenvalue weighted by Crippen LogP contribution is 2.42. The third-order valence-electron chi connectivity index (χ3n) is 4.37. The molecule has 0 fully saturated rings. The first kappa shape index (κ1) is 13.5. The van der Waals surface area contributed by atoms with Crippen LogP contribution in [0.2, 0.25) is 0 Å². The van der Waals surface area contributed by atoms with E-state index in [1.54, 1.807) is 0 Å². The van der Waals surface area contributed by atoms with Gasteiger partial charge in [-0.1, -0.05) is 72.8 Å². The van der Waals surface area contributed by atoms with Gasteiger partial charge in [-0.3, -0.25) is 0 Å². The molecule has 1 aliphatic rings. The van der Waals surface area contributed by atoms with Gasteiger partial charge in [0.2, 0.25) is 0 Å². The predicted molar refractivity (Wildman–Crippen MR) is 93.5 cm³/mol. The molecule has 1 atom stereocenters. The second kappa shape index (κ2) is 5.59. The second-order valence-corrected chi connectivity index (χ2v) is 7.49. The summed E-state index contributed by atoms with van der Waals surface area (Å²) in [6.45, 7) is 0. The maximum atomic E-state index is 12.6. The molecular formula is C20H17OP. The molecule has 3 aromatic rings. The van der Waals surface area contributed by atoms with Crippen LogP contribution < -0.4 is 5.30 Å². The van der Waals surface area contributed by atoms with Gasteiger partial charge in [-0.15, -0.1) is 0 Å². The van der Waals surface area contributed by atoms with Crippen LogP contribution in [0.15, 0.2) is 72.8 Å². The summed E-state index contributed by atoms with van der Waals surface area (Å²) in [7, 11) is -1.73. The fourth-order valence-corrected chi connectivity index (χ4v) is 5.02. The first-order chi connectivity index (χ1) is 10.8. The Morgan fingerprint density at radius 3 is 2.36 bits per heavy atom. The molecule has 3 aromatic carbocycles. The molecule has 22 heavy (non-hydrogen) atoms. The molecule has 0 spiro atoms. The third kappa shape index (κ3) is 2.32. The average Bonchev–Trinajstić information content (AvgIpc) is 2.57. The van der Waals surface area contributed by atoms with Crippen LogP contribution in [0.25, 0.3) is 11.1 Å². The highest BCUT2D eigenvalue weighted by molar-refractivity contribution is 7.53. The molecule has 0 N–H and O–H groups in total. The first-order valence-corrected chi connectivity index (χ1v) is 9.22. The summed E-state index contributed by atoms with van der Waals surface area (Å²) in [5, 5.41) is 1.04. The van der Waals surface area contributed by atoms with Crippen LogP contribution >= 0.6 is 7.80 Å². The Bertz CT molecular complexity index is 853. The van der Waals surface area contributed by atoms with Crippen molar-refractivity contribution >= 4 is 13.1 Å². The highest BCUT2D eigenvalue weighted by atomic mass is 31.1. The molecule has 0 aromatic heterocycles. The molecule has 4 rings (SSSR count). The maximum Gasteiger partial charge on any atom is 0.109 e. The van der Waals surface area contributed by atoms with Gasteiger partial charge < -0.3 is 4.57 Å². The summed E-state index contributed by atoms with van der Waals surface area (Å²) in [6, 6.07) is 25.1. The lowest BCUT2D eigenvalue weighted by atomic mass is 9.92. The van der Waals surface area contributed by atoms with Crippen LogP contribution in [0.3, 0.4) is 0 Å². The topological polar surface area (TPSA) is 17.1 Å². The fraction of sp³-hybridized carbons (Fsp3) is 0.100. The van der Waals surface area contributed by atoms with Crippen molar-refractivity contribution < 1.29 is 4.57 Å². The fourth-order valence-electron chi connectivity index (χ4n) is 3.29. The first-order valence-electron chi connectivity index (χ1n) is 7.60. The number of benzene rings is 3. The molecule has 108 valence electrons. The van der Waals surface area contributed by atoms with Crippen molar-refractivity contribution in [2.45, 2.75) is 12.6 Å². The Labute approximate surface area is 131 Å². The Morgan fingerprint density at radius 2 is 1.50 bits per heavy atom. The highest BCUT2D eigenvalue weighted by Gasteiger charge is 2.22. The van der Waals surface area contributed by atoms with E-state index in [4.69, 9.17) is 0 Å². The van der Waals surface area contributed by atoms with E-state index in [-0.39, 0.29) is 0 Å². The Hall–Kier alpha value is -2.11. The largest absolute Gasteiger partial charge is 0.322 e. The zero-order valence-electron chi connectivity index (χ0n) is 12.3. The summed E-state index contributed by atoms with van der Waals surface area (Å²) < 4.78 is 12.6. The van der Waals surface area contributed by atoms with E-state index in [1.807, 2.05) is 24.3 Å². The molecule has 1 unspecified atom stereocenters. The standard InChI is InChI=1S/C20H17OP/c21-22-14-19-16(13-15-7-2-1-3-8-15)9-6-11-17(19)18-10-4-5-12-20(18)22/h1-12,22H,13-14H2. The van der Waals surface area contributed by atoms with E-state index >= 15 is 0 Å². The quantitative estimate of drug-likeness (QED) is 0.630. The van der Waals surface area contributed by atoms with E-state index < -0.39 is 7.80 Å². The lowest BCUT2D eigenvalue weighted by Gasteiger charge is -2.22. The number of hydrogen-bond donors (Lipinski definition) is 0. The van der Waals surface area contributed by atoms with Crippen LogP contribution in [0.1, 0.15) is 16.7 Å². The molecule has 1 nitrogen and oxygen atoms in total. The summed E-state index contributed by atoms with van der Waals surface area (Å²) in [5.41, 5.74) is 6.29. The van der Waals surface area contributed by atoms with Crippen molar-refractivity contribution in [1.29, 1.82) is 0 Å². The molecule has 0 radical (unpaired) electrons. The van der Waals surface area contributed by atoms with Crippen molar-refractivity contribution in [3.05, 3.63) is 89.5 Å². The van der Waals surface area contributed by atoms with Gasteiger partial charge in [0.1, 0.15) is 7.80 Å². The predicted octanol–water partition coefficient (Wildman–Crippen LogP) is 4.64. The summed E-state index contributed by atoms with van der Waals surface area (Å²) in [4.78, 5) is 0. The second-order valence-electron chi connectivity index (χ2n) is 5.75. The minimum Gasteiger partial charge on any atom is -0.322 e. The molecule has 1 heterocycles. The Kier molecular flexibility index (Phi) is 3.44. The van der Waals surface area contributed by atoms with Gasteiger partial charge in [-0.2, -0.15) is 0 Å². The molecule has 0 aliphatic carbocycles. The van der Waals surface area contributed by atoms with E-state index in [2.05, 4.69) is 48.5 Å². The van der Waals surface area contributed by atoms with Crippen molar-refractivity contribution in [2.24, 2.45) is 0 Å². The minimum absolute atomic E-state index is 0.694. The number of fused-ring (bicyclic) bond motifs is 3. The molecular weight excluding hydrogens is 287 g/mol. The monoisotopic (exact) mass is 304 g/mol. The van der Waals surface area contributed by atoms with E-state index in [0.717, 1.165) is 17.3 Å². The molecule has 0 bridgehead atoms. The van der Waals surface area contributed by atoms with Gasteiger partial charge in [0.05, 0.1) is 0 Å². The molecule has 0 amide bonds. The van der Waals surface area contributed by atoms with Crippen molar-refractivity contribution in [2.75, 3.05) is 0 Å². The van der Waals surface area contributed by atoms with E-state index in [1.165, 1.54) is 22.3 Å². The van der Waals surface area contributed by atoms with Crippen LogP contribution in [0.4, 0.5) is 0 Å². The SMILES string of the molecule is O=[PH]1Cc2c(Cc3ccccc3)cccc2-c2ccccc21.